The summed E-state index contributed by atoms with van der Waals surface area (Å²) in [6.45, 7) is 1.96. The van der Waals surface area contributed by atoms with Crippen LogP contribution in [0.15, 0.2) is 5.38 Å². The van der Waals surface area contributed by atoms with Crippen molar-refractivity contribution in [1.29, 1.82) is 0 Å². The minimum absolute atomic E-state index is 0.0827. The summed E-state index contributed by atoms with van der Waals surface area (Å²) in [6, 6.07) is 0.161. The first-order valence-corrected chi connectivity index (χ1v) is 5.72. The third kappa shape index (κ3) is 2.47. The molecule has 0 radical (unpaired) electrons. The number of carbonyl (C=O) groups excluding carboxylic acids is 1. The summed E-state index contributed by atoms with van der Waals surface area (Å²) in [6.07, 6.45) is 0. The van der Waals surface area contributed by atoms with Gasteiger partial charge in [-0.2, -0.15) is 0 Å². The van der Waals surface area contributed by atoms with E-state index < -0.39 is 0 Å². The van der Waals surface area contributed by atoms with Gasteiger partial charge in [-0.1, -0.05) is 20.4 Å². The Balaban J connectivity index is 2.68. The van der Waals surface area contributed by atoms with E-state index in [1.807, 2.05) is 6.92 Å². The van der Waals surface area contributed by atoms with Gasteiger partial charge in [-0.25, -0.2) is 0 Å². The number of halogens is 1. The fourth-order valence-electron chi connectivity index (χ4n) is 0.742. The lowest BCUT2D eigenvalue weighted by molar-refractivity contribution is 0.0752. The zero-order valence-electron chi connectivity index (χ0n) is 7.40. The minimum atomic E-state index is -0.0827. The number of amides is 1. The Morgan fingerprint density at radius 2 is 2.54 bits per heavy atom. The van der Waals surface area contributed by atoms with Crippen molar-refractivity contribution >= 4 is 33.4 Å². The van der Waals surface area contributed by atoms with E-state index >= 15 is 0 Å². The lowest BCUT2D eigenvalue weighted by atomic mass is 10.3. The molecule has 1 aromatic rings. The maximum atomic E-state index is 11.6. The van der Waals surface area contributed by atoms with Gasteiger partial charge in [0.25, 0.3) is 5.91 Å². The predicted molar refractivity (Wildman–Crippen MR) is 55.3 cm³/mol. The smallest absolute Gasteiger partial charge is 0.275 e. The van der Waals surface area contributed by atoms with Gasteiger partial charge >= 0.3 is 0 Å². The highest BCUT2D eigenvalue weighted by Gasteiger charge is 2.18. The highest BCUT2D eigenvalue weighted by atomic mass is 79.9. The topological polar surface area (TPSA) is 46.1 Å². The molecular weight excluding hydrogens is 254 g/mol. The third-order valence-electron chi connectivity index (χ3n) is 1.78. The van der Waals surface area contributed by atoms with Gasteiger partial charge in [0.1, 0.15) is 0 Å². The van der Waals surface area contributed by atoms with Crippen LogP contribution in [-0.2, 0) is 0 Å². The zero-order valence-corrected chi connectivity index (χ0v) is 9.80. The molecule has 0 aliphatic carbocycles. The van der Waals surface area contributed by atoms with E-state index in [0.29, 0.717) is 5.69 Å². The van der Waals surface area contributed by atoms with E-state index in [0.717, 1.165) is 5.33 Å². The van der Waals surface area contributed by atoms with Crippen LogP contribution in [0.2, 0.25) is 0 Å². The van der Waals surface area contributed by atoms with Crippen molar-refractivity contribution in [3.8, 4) is 0 Å². The molecule has 0 aliphatic rings. The van der Waals surface area contributed by atoms with Gasteiger partial charge in [0, 0.05) is 23.8 Å². The second-order valence-corrected chi connectivity index (χ2v) is 3.97. The molecule has 0 saturated heterocycles. The van der Waals surface area contributed by atoms with Crippen LogP contribution in [0.5, 0.6) is 0 Å². The third-order valence-corrected chi connectivity index (χ3v) is 3.23. The molecular formula is C7H10BrN3OS. The van der Waals surface area contributed by atoms with Crippen LogP contribution >= 0.6 is 27.5 Å². The summed E-state index contributed by atoms with van der Waals surface area (Å²) in [4.78, 5) is 13.3. The van der Waals surface area contributed by atoms with Crippen LogP contribution in [0, 0.1) is 0 Å². The van der Waals surface area contributed by atoms with E-state index in [2.05, 4.69) is 25.5 Å². The van der Waals surface area contributed by atoms with E-state index in [1.165, 1.54) is 11.5 Å². The summed E-state index contributed by atoms with van der Waals surface area (Å²) in [5.41, 5.74) is 0.417. The molecule has 72 valence electrons. The van der Waals surface area contributed by atoms with Crippen LogP contribution in [0.3, 0.4) is 0 Å². The summed E-state index contributed by atoms with van der Waals surface area (Å²) in [5.74, 6) is -0.0827. The van der Waals surface area contributed by atoms with Crippen LogP contribution in [-0.4, -0.2) is 38.8 Å². The molecule has 1 heterocycles. The SMILES string of the molecule is CC(CBr)N(C)C(=O)c1csnn1. The maximum Gasteiger partial charge on any atom is 0.275 e. The number of hydrogen-bond donors (Lipinski definition) is 0. The highest BCUT2D eigenvalue weighted by Crippen LogP contribution is 2.06. The molecule has 1 rings (SSSR count). The number of aromatic nitrogens is 2. The molecule has 4 nitrogen and oxygen atoms in total. The average molecular weight is 264 g/mol. The fourth-order valence-corrected chi connectivity index (χ4v) is 1.61. The number of nitrogens with zero attached hydrogens (tertiary/aromatic N) is 3. The molecule has 0 aliphatic heterocycles. The zero-order chi connectivity index (χ0) is 9.84. The predicted octanol–water partition coefficient (Wildman–Crippen LogP) is 1.39. The molecule has 0 spiro atoms. The number of hydrogen-bond acceptors (Lipinski definition) is 4. The van der Waals surface area contributed by atoms with E-state index in [1.54, 1.807) is 17.3 Å². The Morgan fingerprint density at radius 1 is 1.85 bits per heavy atom. The first kappa shape index (κ1) is 10.6. The van der Waals surface area contributed by atoms with Crippen molar-refractivity contribution in [1.82, 2.24) is 14.5 Å². The van der Waals surface area contributed by atoms with Gasteiger partial charge < -0.3 is 4.90 Å². The van der Waals surface area contributed by atoms with Gasteiger partial charge in [0.15, 0.2) is 5.69 Å². The number of rotatable bonds is 3. The lowest BCUT2D eigenvalue weighted by Gasteiger charge is -2.21. The maximum absolute atomic E-state index is 11.6. The van der Waals surface area contributed by atoms with E-state index in [9.17, 15) is 4.79 Å². The quantitative estimate of drug-likeness (QED) is 0.775. The number of carbonyl (C=O) groups is 1. The van der Waals surface area contributed by atoms with Gasteiger partial charge in [-0.3, -0.25) is 4.79 Å². The Kier molecular flexibility index (Phi) is 3.80. The monoisotopic (exact) mass is 263 g/mol. The Hall–Kier alpha value is -0.490. The minimum Gasteiger partial charge on any atom is -0.337 e. The normalized spacial score (nSPS) is 12.5. The van der Waals surface area contributed by atoms with E-state index in [-0.39, 0.29) is 11.9 Å². The first-order valence-electron chi connectivity index (χ1n) is 3.77. The van der Waals surface area contributed by atoms with Gasteiger partial charge in [0.05, 0.1) is 0 Å². The van der Waals surface area contributed by atoms with Crippen molar-refractivity contribution in [3.05, 3.63) is 11.1 Å². The van der Waals surface area contributed by atoms with Crippen LogP contribution in [0.25, 0.3) is 0 Å². The van der Waals surface area contributed by atoms with Crippen LogP contribution in [0.1, 0.15) is 17.4 Å². The molecule has 0 bridgehead atoms. The summed E-state index contributed by atoms with van der Waals surface area (Å²) >= 11 is 4.50. The molecule has 13 heavy (non-hydrogen) atoms. The van der Waals surface area contributed by atoms with Gasteiger partial charge in [-0.15, -0.1) is 5.10 Å². The Bertz CT molecular complexity index is 277. The first-order chi connectivity index (χ1) is 6.16. The summed E-state index contributed by atoms with van der Waals surface area (Å²) in [5, 5.41) is 6.13. The second-order valence-electron chi connectivity index (χ2n) is 2.71. The molecule has 1 aromatic heterocycles. The standard InChI is InChI=1S/C7H10BrN3OS/c1-5(3-8)11(2)7(12)6-4-13-10-9-6/h4-5H,3H2,1-2H3. The molecule has 0 N–H and O–H groups in total. The van der Waals surface area contributed by atoms with Crippen molar-refractivity contribution in [3.63, 3.8) is 0 Å². The molecule has 1 unspecified atom stereocenters. The largest absolute Gasteiger partial charge is 0.337 e. The summed E-state index contributed by atoms with van der Waals surface area (Å²) in [7, 11) is 1.76. The highest BCUT2D eigenvalue weighted by molar-refractivity contribution is 9.09. The molecule has 0 saturated carbocycles. The average Bonchev–Trinajstić information content (AvgIpc) is 2.67. The van der Waals surface area contributed by atoms with Crippen molar-refractivity contribution in [2.24, 2.45) is 0 Å². The molecule has 6 heteroatoms. The Labute approximate surface area is 89.2 Å². The number of alkyl halides is 1. The van der Waals surface area contributed by atoms with Gasteiger partial charge in [0.2, 0.25) is 0 Å². The second kappa shape index (κ2) is 4.66. The van der Waals surface area contributed by atoms with Crippen LogP contribution < -0.4 is 0 Å². The molecule has 1 amide bonds. The summed E-state index contributed by atoms with van der Waals surface area (Å²) < 4.78 is 3.64. The fraction of sp³-hybridized carbons (Fsp3) is 0.571. The van der Waals surface area contributed by atoms with E-state index in [4.69, 9.17) is 0 Å². The molecule has 0 fully saturated rings. The van der Waals surface area contributed by atoms with Crippen molar-refractivity contribution < 1.29 is 4.79 Å². The van der Waals surface area contributed by atoms with Crippen molar-refractivity contribution in [2.45, 2.75) is 13.0 Å². The molecule has 0 aromatic carbocycles. The lowest BCUT2D eigenvalue weighted by Crippen LogP contribution is -2.36. The van der Waals surface area contributed by atoms with Crippen molar-refractivity contribution in [2.75, 3.05) is 12.4 Å². The van der Waals surface area contributed by atoms with Gasteiger partial charge in [-0.05, 0) is 18.5 Å². The van der Waals surface area contributed by atoms with Crippen LogP contribution in [0.4, 0.5) is 0 Å². The Morgan fingerprint density at radius 3 is 3.00 bits per heavy atom. The molecule has 1 atom stereocenters.